The van der Waals surface area contributed by atoms with Gasteiger partial charge < -0.3 is 19.5 Å². The summed E-state index contributed by atoms with van der Waals surface area (Å²) in [4.78, 5) is 21.5. The van der Waals surface area contributed by atoms with Gasteiger partial charge in [0.2, 0.25) is 5.91 Å². The lowest BCUT2D eigenvalue weighted by Gasteiger charge is -2.33. The number of imidazole rings is 1. The van der Waals surface area contributed by atoms with Crippen LogP contribution in [0.4, 0.5) is 0 Å². The Hall–Kier alpha value is -2.34. The molecule has 3 rings (SSSR count). The topological polar surface area (TPSA) is 61.6 Å². The van der Waals surface area contributed by atoms with E-state index < -0.39 is 0 Å². The Morgan fingerprint density at radius 3 is 2.81 bits per heavy atom. The first-order valence-electron chi connectivity index (χ1n) is 9.74. The molecule has 146 valence electrons. The minimum Gasteiger partial charge on any atom is -0.508 e. The van der Waals surface area contributed by atoms with Crippen molar-refractivity contribution in [2.24, 2.45) is 0 Å². The normalized spacial score (nSPS) is 17.4. The Kier molecular flexibility index (Phi) is 6.50. The molecule has 6 nitrogen and oxygen atoms in total. The van der Waals surface area contributed by atoms with Crippen LogP contribution < -0.4 is 0 Å². The number of hydrogen-bond donors (Lipinski definition) is 1. The second-order valence-corrected chi connectivity index (χ2v) is 7.66. The Labute approximate surface area is 161 Å². The molecule has 0 bridgehead atoms. The van der Waals surface area contributed by atoms with Crippen molar-refractivity contribution in [3.8, 4) is 5.75 Å². The zero-order valence-corrected chi connectivity index (χ0v) is 16.3. The first kappa shape index (κ1) is 19.4. The van der Waals surface area contributed by atoms with Crippen LogP contribution in [0.1, 0.15) is 36.6 Å². The fourth-order valence-electron chi connectivity index (χ4n) is 3.74. The molecule has 1 N–H and O–H groups in total. The van der Waals surface area contributed by atoms with Crippen LogP contribution in [-0.2, 0) is 17.8 Å². The van der Waals surface area contributed by atoms with Crippen LogP contribution in [0.2, 0.25) is 0 Å². The van der Waals surface area contributed by atoms with Crippen molar-refractivity contribution < 1.29 is 9.90 Å². The zero-order valence-electron chi connectivity index (χ0n) is 16.3. The maximum Gasteiger partial charge on any atom is 0.227 e. The van der Waals surface area contributed by atoms with Crippen LogP contribution >= 0.6 is 0 Å². The van der Waals surface area contributed by atoms with E-state index in [0.29, 0.717) is 12.3 Å². The number of carbonyl (C=O) groups is 1. The molecule has 1 atom stereocenters. The van der Waals surface area contributed by atoms with Gasteiger partial charge in [-0.2, -0.15) is 0 Å². The maximum atomic E-state index is 12.7. The van der Waals surface area contributed by atoms with Crippen molar-refractivity contribution in [1.82, 2.24) is 19.4 Å². The van der Waals surface area contributed by atoms with Crippen LogP contribution in [0.15, 0.2) is 36.7 Å². The van der Waals surface area contributed by atoms with Crippen molar-refractivity contribution in [1.29, 1.82) is 0 Å². The van der Waals surface area contributed by atoms with Crippen molar-refractivity contribution in [3.63, 3.8) is 0 Å². The minimum absolute atomic E-state index is 0.149. The highest BCUT2D eigenvalue weighted by atomic mass is 16.3. The highest BCUT2D eigenvalue weighted by molar-refractivity contribution is 5.79. The van der Waals surface area contributed by atoms with Gasteiger partial charge >= 0.3 is 0 Å². The van der Waals surface area contributed by atoms with Gasteiger partial charge in [0.25, 0.3) is 0 Å². The summed E-state index contributed by atoms with van der Waals surface area (Å²) in [5.41, 5.74) is 0.935. The molecule has 0 spiro atoms. The van der Waals surface area contributed by atoms with Crippen LogP contribution in [-0.4, -0.2) is 64.1 Å². The third kappa shape index (κ3) is 5.32. The summed E-state index contributed by atoms with van der Waals surface area (Å²) in [7, 11) is 4.18. The predicted octanol–water partition coefficient (Wildman–Crippen LogP) is 2.49. The van der Waals surface area contributed by atoms with E-state index >= 15 is 0 Å². The molecule has 1 fully saturated rings. The number of carbonyl (C=O) groups excluding carboxylic acids is 1. The zero-order chi connectivity index (χ0) is 19.2. The molecule has 1 saturated heterocycles. The molecule has 0 radical (unpaired) electrons. The first-order valence-corrected chi connectivity index (χ1v) is 9.74. The van der Waals surface area contributed by atoms with Gasteiger partial charge in [-0.3, -0.25) is 4.79 Å². The van der Waals surface area contributed by atoms with E-state index in [1.807, 2.05) is 23.2 Å². The Bertz CT molecular complexity index is 739. The fourth-order valence-corrected chi connectivity index (χ4v) is 3.74. The van der Waals surface area contributed by atoms with Gasteiger partial charge in [-0.05, 0) is 57.6 Å². The smallest absolute Gasteiger partial charge is 0.227 e. The van der Waals surface area contributed by atoms with E-state index in [-0.39, 0.29) is 11.7 Å². The third-order valence-electron chi connectivity index (χ3n) is 5.18. The highest BCUT2D eigenvalue weighted by Gasteiger charge is 2.27. The summed E-state index contributed by atoms with van der Waals surface area (Å²) in [6.45, 7) is 3.57. The SMILES string of the molecule is CN(C)CCCn1ccnc1[C@@H]1CCCN(C(=O)Cc2ccc(O)cc2)C1. The number of nitrogens with zero attached hydrogens (tertiary/aromatic N) is 4. The number of rotatable bonds is 7. The molecule has 1 aliphatic heterocycles. The predicted molar refractivity (Wildman–Crippen MR) is 106 cm³/mol. The number of benzene rings is 1. The molecule has 1 aromatic carbocycles. The quantitative estimate of drug-likeness (QED) is 0.813. The number of aromatic hydroxyl groups is 1. The number of phenols is 1. The monoisotopic (exact) mass is 370 g/mol. The summed E-state index contributed by atoms with van der Waals surface area (Å²) < 4.78 is 2.25. The average Bonchev–Trinajstić information content (AvgIpc) is 3.12. The fraction of sp³-hybridized carbons (Fsp3) is 0.524. The molecule has 2 heterocycles. The number of amides is 1. The van der Waals surface area contributed by atoms with Gasteiger partial charge in [-0.15, -0.1) is 0 Å². The second kappa shape index (κ2) is 9.04. The molecular weight excluding hydrogens is 340 g/mol. The van der Waals surface area contributed by atoms with Gasteiger partial charge in [-0.25, -0.2) is 4.98 Å². The standard InChI is InChI=1S/C21H30N4O2/c1-23(2)11-4-13-24-14-10-22-21(24)18-5-3-12-25(16-18)20(27)15-17-6-8-19(26)9-7-17/h6-10,14,18,26H,3-5,11-13,15-16H2,1-2H3/t18-/m1/s1. The first-order chi connectivity index (χ1) is 13.0. The Morgan fingerprint density at radius 2 is 2.07 bits per heavy atom. The molecule has 0 saturated carbocycles. The van der Waals surface area contributed by atoms with E-state index in [2.05, 4.69) is 34.7 Å². The number of aryl methyl sites for hydroxylation is 1. The summed E-state index contributed by atoms with van der Waals surface area (Å²) in [5, 5.41) is 9.39. The number of phenolic OH excluding ortho intramolecular Hbond substituents is 1. The van der Waals surface area contributed by atoms with E-state index in [1.165, 1.54) is 0 Å². The van der Waals surface area contributed by atoms with Crippen molar-refractivity contribution in [2.75, 3.05) is 33.7 Å². The van der Waals surface area contributed by atoms with Crippen LogP contribution in [0, 0.1) is 0 Å². The number of likely N-dealkylation sites (tertiary alicyclic amines) is 1. The van der Waals surface area contributed by atoms with E-state index in [4.69, 9.17) is 0 Å². The Balaban J connectivity index is 1.60. The van der Waals surface area contributed by atoms with Gasteiger partial charge in [0.05, 0.1) is 6.42 Å². The molecule has 0 aliphatic carbocycles. The minimum atomic E-state index is 0.149. The second-order valence-electron chi connectivity index (χ2n) is 7.66. The van der Waals surface area contributed by atoms with E-state index in [0.717, 1.165) is 56.8 Å². The molecular formula is C21H30N4O2. The summed E-state index contributed by atoms with van der Waals surface area (Å²) >= 11 is 0. The third-order valence-corrected chi connectivity index (χ3v) is 5.18. The molecule has 1 aromatic heterocycles. The lowest BCUT2D eigenvalue weighted by Crippen LogP contribution is -2.40. The van der Waals surface area contributed by atoms with Crippen LogP contribution in [0.5, 0.6) is 5.75 Å². The summed E-state index contributed by atoms with van der Waals surface area (Å²) in [5.74, 6) is 1.79. The van der Waals surface area contributed by atoms with Crippen molar-refractivity contribution >= 4 is 5.91 Å². The van der Waals surface area contributed by atoms with E-state index in [1.54, 1.807) is 12.1 Å². The summed E-state index contributed by atoms with van der Waals surface area (Å²) in [6.07, 6.45) is 7.49. The van der Waals surface area contributed by atoms with Gasteiger partial charge in [0.15, 0.2) is 0 Å². The van der Waals surface area contributed by atoms with Gasteiger partial charge in [0.1, 0.15) is 11.6 Å². The maximum absolute atomic E-state index is 12.7. The molecule has 6 heteroatoms. The molecule has 27 heavy (non-hydrogen) atoms. The number of aromatic nitrogens is 2. The molecule has 1 aliphatic rings. The van der Waals surface area contributed by atoms with Crippen LogP contribution in [0.25, 0.3) is 0 Å². The molecule has 0 unspecified atom stereocenters. The molecule has 1 amide bonds. The Morgan fingerprint density at radius 1 is 1.30 bits per heavy atom. The van der Waals surface area contributed by atoms with Crippen molar-refractivity contribution in [3.05, 3.63) is 48.0 Å². The largest absolute Gasteiger partial charge is 0.508 e. The average molecular weight is 370 g/mol. The highest BCUT2D eigenvalue weighted by Crippen LogP contribution is 2.26. The number of piperidine rings is 1. The lowest BCUT2D eigenvalue weighted by molar-refractivity contribution is -0.131. The van der Waals surface area contributed by atoms with Gasteiger partial charge in [0, 0.05) is 37.9 Å². The molecule has 2 aromatic rings. The lowest BCUT2D eigenvalue weighted by atomic mass is 9.96. The van der Waals surface area contributed by atoms with Gasteiger partial charge in [-0.1, -0.05) is 12.1 Å². The number of hydrogen-bond acceptors (Lipinski definition) is 4. The van der Waals surface area contributed by atoms with Crippen LogP contribution in [0.3, 0.4) is 0 Å². The summed E-state index contributed by atoms with van der Waals surface area (Å²) in [6, 6.07) is 6.89. The van der Waals surface area contributed by atoms with E-state index in [9.17, 15) is 9.90 Å². The van der Waals surface area contributed by atoms with Crippen molar-refractivity contribution in [2.45, 2.75) is 38.1 Å².